The van der Waals surface area contributed by atoms with Crippen LogP contribution in [-0.4, -0.2) is 84.7 Å². The molecule has 2 heterocycles. The van der Waals surface area contributed by atoms with E-state index in [0.717, 1.165) is 32.1 Å². The van der Waals surface area contributed by atoms with E-state index in [1.165, 1.54) is 47.0 Å². The van der Waals surface area contributed by atoms with Crippen LogP contribution in [0.25, 0.3) is 0 Å². The van der Waals surface area contributed by atoms with Crippen molar-refractivity contribution in [2.24, 2.45) is 22.4 Å². The summed E-state index contributed by atoms with van der Waals surface area (Å²) in [4.78, 5) is 82.2. The maximum atomic E-state index is 14.4. The van der Waals surface area contributed by atoms with Crippen molar-refractivity contribution in [2.75, 3.05) is 6.54 Å². The van der Waals surface area contributed by atoms with Gasteiger partial charge in [-0.05, 0) is 51.3 Å². The van der Waals surface area contributed by atoms with Crippen LogP contribution in [0, 0.1) is 5.92 Å². The first-order valence-electron chi connectivity index (χ1n) is 15.3. The molecule has 15 heteroatoms. The van der Waals surface area contributed by atoms with E-state index in [1.807, 2.05) is 0 Å². The van der Waals surface area contributed by atoms with Crippen LogP contribution in [0.15, 0.2) is 35.5 Å². The number of hydrogen-bond donors (Lipinski definition) is 4. The maximum absolute atomic E-state index is 14.4. The van der Waals surface area contributed by atoms with Gasteiger partial charge in [0.15, 0.2) is 0 Å². The van der Waals surface area contributed by atoms with Crippen molar-refractivity contribution in [2.45, 2.75) is 89.4 Å². The van der Waals surface area contributed by atoms with Crippen molar-refractivity contribution >= 4 is 41.0 Å². The smallest absolute Gasteiger partial charge is 0.287 e. The van der Waals surface area contributed by atoms with Crippen LogP contribution < -0.4 is 16.8 Å². The first-order valence-corrected chi connectivity index (χ1v) is 15.3. The van der Waals surface area contributed by atoms with Gasteiger partial charge in [0.1, 0.15) is 17.4 Å². The molecule has 1 aromatic carbocycles. The number of hydrogen-bond acceptors (Lipinski definition) is 9. The highest BCUT2D eigenvalue weighted by Gasteiger charge is 2.44. The molecule has 46 heavy (non-hydrogen) atoms. The zero-order valence-electron chi connectivity index (χ0n) is 26.1. The second kappa shape index (κ2) is 14.1. The third-order valence-corrected chi connectivity index (χ3v) is 8.47. The average molecular weight is 637 g/mol. The minimum atomic E-state index is -1.35. The second-order valence-electron chi connectivity index (χ2n) is 12.5. The van der Waals surface area contributed by atoms with Gasteiger partial charge in [-0.2, -0.15) is 0 Å². The lowest BCUT2D eigenvalue weighted by Crippen LogP contribution is -2.52. The summed E-state index contributed by atoms with van der Waals surface area (Å²) in [6.07, 6.45) is 6.27. The monoisotopic (exact) mass is 636 g/mol. The number of aliphatic hydroxyl groups is 1. The zero-order valence-corrected chi connectivity index (χ0v) is 26.1. The summed E-state index contributed by atoms with van der Waals surface area (Å²) in [5, 5.41) is 21.2. The Kier molecular flexibility index (Phi) is 10.5. The van der Waals surface area contributed by atoms with Gasteiger partial charge in [-0.3, -0.25) is 28.8 Å². The lowest BCUT2D eigenvalue weighted by Gasteiger charge is -2.27. The number of aromatic nitrogens is 3. The molecule has 0 bridgehead atoms. The Morgan fingerprint density at radius 1 is 1.09 bits per heavy atom. The number of rotatable bonds is 11. The molecule has 0 spiro atoms. The maximum Gasteiger partial charge on any atom is 0.287 e. The summed E-state index contributed by atoms with van der Waals surface area (Å²) in [7, 11) is 0. The van der Waals surface area contributed by atoms with Crippen LogP contribution in [0.1, 0.15) is 98.2 Å². The summed E-state index contributed by atoms with van der Waals surface area (Å²) < 4.78 is 1.45. The molecular formula is C31H40N8O7. The molecule has 1 saturated carbocycles. The van der Waals surface area contributed by atoms with Crippen molar-refractivity contribution in [1.82, 2.24) is 25.2 Å². The van der Waals surface area contributed by atoms with Crippen molar-refractivity contribution in [3.63, 3.8) is 0 Å². The Labute approximate surface area is 265 Å². The SMILES string of the molecule is CC(NC(=O)[C@@H]1C[C@H](n2nncc2C(C)(C)O)CN1C(=O)C(CC1CCCCC1)=NC(=O)c1cccc(C(N)=O)c1)C(=O)C(N)=O. The van der Waals surface area contributed by atoms with Gasteiger partial charge in [-0.25, -0.2) is 9.67 Å². The predicted molar refractivity (Wildman–Crippen MR) is 164 cm³/mol. The topological polar surface area (TPSA) is 233 Å². The third kappa shape index (κ3) is 7.88. The lowest BCUT2D eigenvalue weighted by molar-refractivity contribution is -0.139. The zero-order chi connectivity index (χ0) is 33.8. The van der Waals surface area contributed by atoms with E-state index in [2.05, 4.69) is 20.6 Å². The van der Waals surface area contributed by atoms with Crippen LogP contribution in [0.4, 0.5) is 0 Å². The van der Waals surface area contributed by atoms with Crippen LogP contribution in [0.3, 0.4) is 0 Å². The normalized spacial score (nSPS) is 19.8. The highest BCUT2D eigenvalue weighted by atomic mass is 16.3. The fourth-order valence-corrected chi connectivity index (χ4v) is 6.01. The number of benzene rings is 1. The molecule has 1 saturated heterocycles. The number of nitrogens with zero attached hydrogens (tertiary/aromatic N) is 5. The standard InChI is InChI=1S/C31H40N8O7/c1-17(25(40)27(33)42)35-29(44)23-14-21(39-24(15-34-37-39)31(2,3)46)16-38(23)30(45)22(12-18-8-5-4-6-9-18)36-28(43)20-11-7-10-19(13-20)26(32)41/h7,10-11,13,15,17-18,21,23,46H,4-6,8-9,12,14,16H2,1-3H3,(H2,32,41)(H2,33,42)(H,35,44)/t17?,21-,23-/m0/s1. The molecule has 1 unspecified atom stereocenters. The molecule has 0 radical (unpaired) electrons. The van der Waals surface area contributed by atoms with Crippen LogP contribution >= 0.6 is 0 Å². The number of likely N-dealkylation sites (tertiary alicyclic amines) is 1. The number of primary amides is 2. The van der Waals surface area contributed by atoms with E-state index in [1.54, 1.807) is 13.8 Å². The fraction of sp³-hybridized carbons (Fsp3) is 0.516. The number of amides is 5. The highest BCUT2D eigenvalue weighted by molar-refractivity contribution is 6.41. The minimum absolute atomic E-state index is 0.0206. The van der Waals surface area contributed by atoms with Crippen molar-refractivity contribution in [3.8, 4) is 0 Å². The van der Waals surface area contributed by atoms with E-state index in [4.69, 9.17) is 11.5 Å². The average Bonchev–Trinajstić information content (AvgIpc) is 3.69. The summed E-state index contributed by atoms with van der Waals surface area (Å²) in [6, 6.07) is 2.68. The van der Waals surface area contributed by atoms with Crippen molar-refractivity contribution in [3.05, 3.63) is 47.3 Å². The van der Waals surface area contributed by atoms with Gasteiger partial charge in [0.05, 0.1) is 24.0 Å². The largest absolute Gasteiger partial charge is 0.384 e. The van der Waals surface area contributed by atoms with Gasteiger partial charge in [-0.15, -0.1) is 5.10 Å². The van der Waals surface area contributed by atoms with Gasteiger partial charge in [-0.1, -0.05) is 43.4 Å². The summed E-state index contributed by atoms with van der Waals surface area (Å²) >= 11 is 0. The summed E-state index contributed by atoms with van der Waals surface area (Å²) in [6.45, 7) is 4.35. The molecule has 6 N–H and O–H groups in total. The van der Waals surface area contributed by atoms with Crippen molar-refractivity contribution in [1.29, 1.82) is 0 Å². The molecule has 246 valence electrons. The Morgan fingerprint density at radius 3 is 2.39 bits per heavy atom. The summed E-state index contributed by atoms with van der Waals surface area (Å²) in [5.74, 6) is -5.01. The van der Waals surface area contributed by atoms with Gasteiger partial charge >= 0.3 is 0 Å². The van der Waals surface area contributed by atoms with Gasteiger partial charge in [0.25, 0.3) is 17.7 Å². The van der Waals surface area contributed by atoms with E-state index >= 15 is 0 Å². The molecule has 3 atom stereocenters. The molecule has 5 amide bonds. The quantitative estimate of drug-likeness (QED) is 0.199. The van der Waals surface area contributed by atoms with Gasteiger partial charge < -0.3 is 26.8 Å². The van der Waals surface area contributed by atoms with E-state index < -0.39 is 59.0 Å². The molecule has 1 aromatic heterocycles. The van der Waals surface area contributed by atoms with Crippen LogP contribution in [-0.2, 0) is 24.8 Å². The predicted octanol–water partition coefficient (Wildman–Crippen LogP) is 0.557. The Morgan fingerprint density at radius 2 is 1.76 bits per heavy atom. The van der Waals surface area contributed by atoms with E-state index in [0.29, 0.717) is 5.69 Å². The van der Waals surface area contributed by atoms with Gasteiger partial charge in [0.2, 0.25) is 17.6 Å². The number of nitrogens with two attached hydrogens (primary N) is 2. The number of aliphatic imine (C=N–C) groups is 1. The number of carbonyl (C=O) groups is 6. The number of Topliss-reactive ketones (excluding diaryl/α,β-unsaturated/α-hetero) is 1. The molecule has 2 aliphatic rings. The first-order chi connectivity index (χ1) is 21.7. The summed E-state index contributed by atoms with van der Waals surface area (Å²) in [5.41, 5.74) is 9.62. The number of ketones is 1. The molecular weight excluding hydrogens is 596 g/mol. The Bertz CT molecular complexity index is 1550. The number of nitrogens with one attached hydrogen (secondary N) is 1. The second-order valence-corrected chi connectivity index (χ2v) is 12.5. The van der Waals surface area contributed by atoms with Crippen LogP contribution in [0.2, 0.25) is 0 Å². The molecule has 15 nitrogen and oxygen atoms in total. The van der Waals surface area contributed by atoms with Crippen molar-refractivity contribution < 1.29 is 33.9 Å². The Balaban J connectivity index is 1.72. The third-order valence-electron chi connectivity index (χ3n) is 8.47. The number of carbonyl (C=O) groups excluding carboxylic acids is 6. The molecule has 1 aliphatic heterocycles. The molecule has 2 fully saturated rings. The van der Waals surface area contributed by atoms with Crippen LogP contribution in [0.5, 0.6) is 0 Å². The lowest BCUT2D eigenvalue weighted by atomic mass is 9.85. The Hall–Kier alpha value is -4.79. The first kappa shape index (κ1) is 34.1. The van der Waals surface area contributed by atoms with E-state index in [-0.39, 0.29) is 42.1 Å². The molecule has 2 aromatic rings. The molecule has 4 rings (SSSR count). The van der Waals surface area contributed by atoms with E-state index in [9.17, 15) is 33.9 Å². The highest BCUT2D eigenvalue weighted by Crippen LogP contribution is 2.33. The fourth-order valence-electron chi connectivity index (χ4n) is 6.01. The molecule has 1 aliphatic carbocycles. The van der Waals surface area contributed by atoms with Gasteiger partial charge in [0, 0.05) is 24.1 Å². The minimum Gasteiger partial charge on any atom is -0.384 e.